The number of aryl methyl sites for hydroxylation is 4. The number of thiazole rings is 1. The molecule has 0 N–H and O–H groups in total. The summed E-state index contributed by atoms with van der Waals surface area (Å²) in [5.41, 5.74) is 6.92. The van der Waals surface area contributed by atoms with Gasteiger partial charge < -0.3 is 4.74 Å². The molecule has 0 atom stereocenters. The molecule has 164 valence electrons. The van der Waals surface area contributed by atoms with Gasteiger partial charge in [-0.05, 0) is 62.1 Å². The van der Waals surface area contributed by atoms with Gasteiger partial charge in [0, 0.05) is 26.2 Å². The summed E-state index contributed by atoms with van der Waals surface area (Å²) >= 11 is 1.61. The monoisotopic (exact) mass is 437 g/mol. The van der Waals surface area contributed by atoms with Crippen molar-refractivity contribution in [2.24, 2.45) is 0 Å². The zero-order chi connectivity index (χ0) is 22.0. The molecule has 0 bridgehead atoms. The van der Waals surface area contributed by atoms with E-state index in [2.05, 4.69) is 62.9 Å². The molecule has 1 fully saturated rings. The van der Waals surface area contributed by atoms with Crippen molar-refractivity contribution < 1.29 is 9.53 Å². The van der Waals surface area contributed by atoms with Gasteiger partial charge in [-0.3, -0.25) is 14.6 Å². The Morgan fingerprint density at radius 3 is 2.55 bits per heavy atom. The number of rotatable bonds is 6. The highest BCUT2D eigenvalue weighted by molar-refractivity contribution is 7.22. The average Bonchev–Trinajstić information content (AvgIpc) is 3.13. The Hall–Kier alpha value is -2.28. The summed E-state index contributed by atoms with van der Waals surface area (Å²) < 4.78 is 6.60. The predicted molar refractivity (Wildman–Crippen MR) is 128 cm³/mol. The number of carbonyl (C=O) groups is 1. The number of morpholine rings is 1. The molecular formula is C25H31N3O2S. The van der Waals surface area contributed by atoms with Gasteiger partial charge in [-0.15, -0.1) is 0 Å². The molecule has 0 radical (unpaired) electrons. The number of amides is 1. The molecule has 6 heteroatoms. The fourth-order valence-electron chi connectivity index (χ4n) is 3.98. The van der Waals surface area contributed by atoms with E-state index >= 15 is 0 Å². The number of fused-ring (bicyclic) bond motifs is 1. The van der Waals surface area contributed by atoms with Crippen LogP contribution in [0.4, 0.5) is 5.13 Å². The van der Waals surface area contributed by atoms with Crippen LogP contribution in [-0.4, -0.2) is 55.2 Å². The quantitative estimate of drug-likeness (QED) is 0.572. The Morgan fingerprint density at radius 2 is 1.81 bits per heavy atom. The standard InChI is InChI=1S/C25H31N3O2S/c1-17-5-6-21(20(4)13-17)16-24(29)28(8-7-27-9-11-30-12-10-27)25-26-22-14-18(2)19(3)15-23(22)31-25/h5-6,13-15H,7-12,16H2,1-4H3. The molecule has 1 aliphatic heterocycles. The Morgan fingerprint density at radius 1 is 1.06 bits per heavy atom. The van der Waals surface area contributed by atoms with Gasteiger partial charge in [0.2, 0.25) is 5.91 Å². The van der Waals surface area contributed by atoms with Gasteiger partial charge in [-0.25, -0.2) is 4.98 Å². The lowest BCUT2D eigenvalue weighted by Gasteiger charge is -2.29. The molecule has 3 aromatic rings. The summed E-state index contributed by atoms with van der Waals surface area (Å²) in [6, 6.07) is 10.6. The van der Waals surface area contributed by atoms with Crippen LogP contribution in [0.25, 0.3) is 10.2 Å². The van der Waals surface area contributed by atoms with E-state index in [1.807, 2.05) is 4.90 Å². The summed E-state index contributed by atoms with van der Waals surface area (Å²) in [5, 5.41) is 0.794. The molecule has 2 heterocycles. The number of benzene rings is 2. The second kappa shape index (κ2) is 9.47. The Balaban J connectivity index is 1.60. The smallest absolute Gasteiger partial charge is 0.233 e. The largest absolute Gasteiger partial charge is 0.379 e. The normalized spacial score (nSPS) is 14.8. The maximum atomic E-state index is 13.5. The van der Waals surface area contributed by atoms with Gasteiger partial charge in [-0.2, -0.15) is 0 Å². The van der Waals surface area contributed by atoms with Crippen LogP contribution in [0.3, 0.4) is 0 Å². The van der Waals surface area contributed by atoms with E-state index in [0.717, 1.165) is 59.3 Å². The van der Waals surface area contributed by atoms with E-state index < -0.39 is 0 Å². The molecular weight excluding hydrogens is 406 g/mol. The molecule has 31 heavy (non-hydrogen) atoms. The van der Waals surface area contributed by atoms with E-state index in [1.54, 1.807) is 11.3 Å². The molecule has 0 aliphatic carbocycles. The molecule has 1 amide bonds. The summed E-state index contributed by atoms with van der Waals surface area (Å²) in [4.78, 5) is 22.6. The van der Waals surface area contributed by atoms with Gasteiger partial charge in [0.15, 0.2) is 5.13 Å². The molecule has 1 aliphatic rings. The van der Waals surface area contributed by atoms with Crippen molar-refractivity contribution in [3.05, 3.63) is 58.1 Å². The minimum absolute atomic E-state index is 0.104. The third kappa shape index (κ3) is 5.14. The third-order valence-corrected chi connectivity index (χ3v) is 7.15. The van der Waals surface area contributed by atoms with Crippen LogP contribution >= 0.6 is 11.3 Å². The fourth-order valence-corrected chi connectivity index (χ4v) is 5.07. The van der Waals surface area contributed by atoms with Gasteiger partial charge in [0.1, 0.15) is 0 Å². The first-order valence-electron chi connectivity index (χ1n) is 10.9. The van der Waals surface area contributed by atoms with Crippen LogP contribution in [0.1, 0.15) is 27.8 Å². The highest BCUT2D eigenvalue weighted by Gasteiger charge is 2.22. The summed E-state index contributed by atoms with van der Waals surface area (Å²) in [6.45, 7) is 13.2. The maximum absolute atomic E-state index is 13.5. The molecule has 2 aromatic carbocycles. The van der Waals surface area contributed by atoms with Crippen LogP contribution in [-0.2, 0) is 16.0 Å². The van der Waals surface area contributed by atoms with Crippen molar-refractivity contribution in [2.75, 3.05) is 44.3 Å². The van der Waals surface area contributed by atoms with Crippen LogP contribution in [0.5, 0.6) is 0 Å². The second-order valence-electron chi connectivity index (χ2n) is 8.51. The SMILES string of the molecule is Cc1ccc(CC(=O)N(CCN2CCOCC2)c2nc3cc(C)c(C)cc3s2)c(C)c1. The van der Waals surface area contributed by atoms with Crippen molar-refractivity contribution in [3.8, 4) is 0 Å². The molecule has 5 nitrogen and oxygen atoms in total. The number of anilines is 1. The van der Waals surface area contributed by atoms with Crippen molar-refractivity contribution in [1.29, 1.82) is 0 Å². The van der Waals surface area contributed by atoms with E-state index in [1.165, 1.54) is 16.7 Å². The number of carbonyl (C=O) groups excluding carboxylic acids is 1. The van der Waals surface area contributed by atoms with Gasteiger partial charge >= 0.3 is 0 Å². The van der Waals surface area contributed by atoms with Gasteiger partial charge in [-0.1, -0.05) is 35.1 Å². The number of hydrogen-bond donors (Lipinski definition) is 0. The predicted octanol–water partition coefficient (Wildman–Crippen LogP) is 4.44. The van der Waals surface area contributed by atoms with Crippen LogP contribution in [0.15, 0.2) is 30.3 Å². The zero-order valence-corrected chi connectivity index (χ0v) is 19.7. The number of aromatic nitrogens is 1. The Bertz CT molecular complexity index is 1050. The van der Waals surface area contributed by atoms with Crippen LogP contribution < -0.4 is 4.90 Å². The van der Waals surface area contributed by atoms with Crippen LogP contribution in [0.2, 0.25) is 0 Å². The van der Waals surface area contributed by atoms with Gasteiger partial charge in [0.25, 0.3) is 0 Å². The van der Waals surface area contributed by atoms with Crippen molar-refractivity contribution in [3.63, 3.8) is 0 Å². The van der Waals surface area contributed by atoms with Crippen LogP contribution in [0, 0.1) is 27.7 Å². The van der Waals surface area contributed by atoms with Gasteiger partial charge in [0.05, 0.1) is 29.9 Å². The summed E-state index contributed by atoms with van der Waals surface area (Å²) in [6.07, 6.45) is 0.392. The minimum atomic E-state index is 0.104. The highest BCUT2D eigenvalue weighted by Crippen LogP contribution is 2.31. The Kier molecular flexibility index (Phi) is 6.70. The lowest BCUT2D eigenvalue weighted by Crippen LogP contribution is -2.43. The zero-order valence-electron chi connectivity index (χ0n) is 18.9. The molecule has 0 spiro atoms. The number of hydrogen-bond acceptors (Lipinski definition) is 5. The summed E-state index contributed by atoms with van der Waals surface area (Å²) in [7, 11) is 0. The number of nitrogens with zero attached hydrogens (tertiary/aromatic N) is 3. The first-order chi connectivity index (χ1) is 14.9. The fraction of sp³-hybridized carbons (Fsp3) is 0.440. The first kappa shape index (κ1) is 21.9. The first-order valence-corrected chi connectivity index (χ1v) is 11.8. The molecule has 0 unspecified atom stereocenters. The van der Waals surface area contributed by atoms with E-state index in [9.17, 15) is 4.79 Å². The van der Waals surface area contributed by atoms with E-state index in [0.29, 0.717) is 13.0 Å². The summed E-state index contributed by atoms with van der Waals surface area (Å²) in [5.74, 6) is 0.104. The van der Waals surface area contributed by atoms with Crippen molar-refractivity contribution >= 4 is 32.6 Å². The Labute approximate surface area is 188 Å². The molecule has 1 aromatic heterocycles. The topological polar surface area (TPSA) is 45.7 Å². The third-order valence-electron chi connectivity index (χ3n) is 6.11. The van der Waals surface area contributed by atoms with E-state index in [4.69, 9.17) is 9.72 Å². The number of ether oxygens (including phenoxy) is 1. The van der Waals surface area contributed by atoms with E-state index in [-0.39, 0.29) is 5.91 Å². The highest BCUT2D eigenvalue weighted by atomic mass is 32.1. The van der Waals surface area contributed by atoms with Crippen molar-refractivity contribution in [1.82, 2.24) is 9.88 Å². The molecule has 4 rings (SSSR count). The molecule has 1 saturated heterocycles. The maximum Gasteiger partial charge on any atom is 0.233 e. The van der Waals surface area contributed by atoms with Crippen molar-refractivity contribution in [2.45, 2.75) is 34.1 Å². The average molecular weight is 438 g/mol. The second-order valence-corrected chi connectivity index (χ2v) is 9.52. The lowest BCUT2D eigenvalue weighted by molar-refractivity contribution is -0.118. The minimum Gasteiger partial charge on any atom is -0.379 e. The molecule has 0 saturated carbocycles. The lowest BCUT2D eigenvalue weighted by atomic mass is 10.0.